The van der Waals surface area contributed by atoms with Crippen molar-refractivity contribution in [1.29, 1.82) is 0 Å². The third-order valence-corrected chi connectivity index (χ3v) is 4.59. The minimum atomic E-state index is -4.34. The Bertz CT molecular complexity index is 442. The highest BCUT2D eigenvalue weighted by Crippen LogP contribution is 2.34. The smallest absolute Gasteiger partial charge is 0.327 e. The molecule has 0 aromatic carbocycles. The number of rotatable bonds is 2. The van der Waals surface area contributed by atoms with Crippen molar-refractivity contribution in [2.75, 3.05) is 13.1 Å². The number of halogens is 3. The van der Waals surface area contributed by atoms with E-state index >= 15 is 0 Å². The molecule has 1 saturated heterocycles. The van der Waals surface area contributed by atoms with Crippen LogP contribution >= 0.6 is 11.3 Å². The first-order chi connectivity index (χ1) is 8.68. The molecule has 0 spiro atoms. The number of aromatic nitrogens is 1. The second-order valence-corrected chi connectivity index (χ2v) is 6.84. The highest BCUT2D eigenvalue weighted by Gasteiger charge is 2.36. The van der Waals surface area contributed by atoms with Gasteiger partial charge in [0.1, 0.15) is 0 Å². The van der Waals surface area contributed by atoms with E-state index in [9.17, 15) is 13.2 Å². The molecule has 0 amide bonds. The van der Waals surface area contributed by atoms with Crippen molar-refractivity contribution in [3.05, 3.63) is 16.1 Å². The predicted molar refractivity (Wildman–Crippen MR) is 68.8 cm³/mol. The van der Waals surface area contributed by atoms with Gasteiger partial charge in [0.25, 0.3) is 0 Å². The molecular formula is C12H18F3N3S. The Morgan fingerprint density at radius 3 is 2.74 bits per heavy atom. The van der Waals surface area contributed by atoms with Gasteiger partial charge in [-0.2, -0.15) is 13.2 Å². The monoisotopic (exact) mass is 293 g/mol. The zero-order valence-electron chi connectivity index (χ0n) is 11.0. The van der Waals surface area contributed by atoms with Crippen molar-refractivity contribution in [2.45, 2.75) is 39.0 Å². The number of piperidine rings is 1. The summed E-state index contributed by atoms with van der Waals surface area (Å²) in [6.45, 7) is 6.33. The SMILES string of the molecule is CC1(C)CN(Cc2cnc(C(F)(F)F)s2)CCC1N. The van der Waals surface area contributed by atoms with E-state index in [1.165, 1.54) is 6.20 Å². The average Bonchev–Trinajstić information content (AvgIpc) is 2.71. The number of hydrogen-bond donors (Lipinski definition) is 1. The van der Waals surface area contributed by atoms with Gasteiger partial charge in [0.05, 0.1) is 0 Å². The fourth-order valence-corrected chi connectivity index (χ4v) is 3.17. The summed E-state index contributed by atoms with van der Waals surface area (Å²) >= 11 is 0.725. The molecule has 1 aliphatic rings. The summed E-state index contributed by atoms with van der Waals surface area (Å²) < 4.78 is 37.4. The van der Waals surface area contributed by atoms with Crippen LogP contribution in [0, 0.1) is 5.41 Å². The third kappa shape index (κ3) is 3.46. The average molecular weight is 293 g/mol. The van der Waals surface area contributed by atoms with Crippen LogP contribution in [0.4, 0.5) is 13.2 Å². The predicted octanol–water partition coefficient (Wildman–Crippen LogP) is 2.72. The molecule has 2 N–H and O–H groups in total. The molecule has 7 heteroatoms. The van der Waals surface area contributed by atoms with Gasteiger partial charge in [-0.25, -0.2) is 4.98 Å². The molecular weight excluding hydrogens is 275 g/mol. The molecule has 1 aromatic heterocycles. The van der Waals surface area contributed by atoms with Gasteiger partial charge in [0.2, 0.25) is 0 Å². The molecule has 1 atom stereocenters. The first-order valence-corrected chi connectivity index (χ1v) is 7.00. The van der Waals surface area contributed by atoms with E-state index < -0.39 is 11.2 Å². The largest absolute Gasteiger partial charge is 0.443 e. The first-order valence-electron chi connectivity index (χ1n) is 6.18. The second-order valence-electron chi connectivity index (χ2n) is 5.72. The molecule has 108 valence electrons. The lowest BCUT2D eigenvalue weighted by Gasteiger charge is -2.42. The van der Waals surface area contributed by atoms with E-state index in [0.29, 0.717) is 11.4 Å². The molecule has 0 aliphatic carbocycles. The van der Waals surface area contributed by atoms with E-state index in [4.69, 9.17) is 5.73 Å². The minimum Gasteiger partial charge on any atom is -0.327 e. The van der Waals surface area contributed by atoms with Crippen molar-refractivity contribution in [1.82, 2.24) is 9.88 Å². The van der Waals surface area contributed by atoms with Crippen LogP contribution in [0.3, 0.4) is 0 Å². The summed E-state index contributed by atoms with van der Waals surface area (Å²) in [5.74, 6) is 0. The lowest BCUT2D eigenvalue weighted by atomic mass is 9.80. The van der Waals surface area contributed by atoms with Crippen molar-refractivity contribution in [3.63, 3.8) is 0 Å². The topological polar surface area (TPSA) is 42.2 Å². The molecule has 0 saturated carbocycles. The van der Waals surface area contributed by atoms with Crippen LogP contribution in [0.15, 0.2) is 6.20 Å². The van der Waals surface area contributed by atoms with Crippen molar-refractivity contribution in [3.8, 4) is 0 Å². The Kier molecular flexibility index (Phi) is 3.90. The first kappa shape index (κ1) is 14.7. The van der Waals surface area contributed by atoms with Crippen LogP contribution in [0.5, 0.6) is 0 Å². The van der Waals surface area contributed by atoms with Crippen LogP contribution in [-0.4, -0.2) is 29.0 Å². The van der Waals surface area contributed by atoms with Gasteiger partial charge in [0.15, 0.2) is 5.01 Å². The van der Waals surface area contributed by atoms with E-state index in [1.807, 2.05) is 0 Å². The fourth-order valence-electron chi connectivity index (χ4n) is 2.35. The molecule has 3 nitrogen and oxygen atoms in total. The van der Waals surface area contributed by atoms with Crippen molar-refractivity contribution < 1.29 is 13.2 Å². The maximum absolute atomic E-state index is 12.5. The molecule has 0 bridgehead atoms. The number of alkyl halides is 3. The standard InChI is InChI=1S/C12H18F3N3S/c1-11(2)7-18(4-3-9(11)16)6-8-5-17-10(19-8)12(13,14)15/h5,9H,3-4,6-7,16H2,1-2H3. The fraction of sp³-hybridized carbons (Fsp3) is 0.750. The van der Waals surface area contributed by atoms with Crippen molar-refractivity contribution >= 4 is 11.3 Å². The molecule has 2 heterocycles. The molecule has 0 radical (unpaired) electrons. The normalized spacial score (nSPS) is 24.6. The molecule has 1 fully saturated rings. The summed E-state index contributed by atoms with van der Waals surface area (Å²) in [5.41, 5.74) is 6.04. The van der Waals surface area contributed by atoms with Crippen LogP contribution in [0.1, 0.15) is 30.2 Å². The Morgan fingerprint density at radius 1 is 1.53 bits per heavy atom. The molecule has 2 rings (SSSR count). The van der Waals surface area contributed by atoms with Gasteiger partial charge in [-0.1, -0.05) is 13.8 Å². The number of likely N-dealkylation sites (tertiary alicyclic amines) is 1. The van der Waals surface area contributed by atoms with Crippen LogP contribution < -0.4 is 5.73 Å². The zero-order valence-corrected chi connectivity index (χ0v) is 11.8. The van der Waals surface area contributed by atoms with Crippen molar-refractivity contribution in [2.24, 2.45) is 11.1 Å². The zero-order chi connectivity index (χ0) is 14.3. The minimum absolute atomic E-state index is 0.00417. The van der Waals surface area contributed by atoms with E-state index in [0.717, 1.165) is 30.8 Å². The van der Waals surface area contributed by atoms with E-state index in [-0.39, 0.29) is 11.5 Å². The quantitative estimate of drug-likeness (QED) is 0.911. The third-order valence-electron chi connectivity index (χ3n) is 3.57. The van der Waals surface area contributed by atoms with E-state index in [1.54, 1.807) is 0 Å². The lowest BCUT2D eigenvalue weighted by molar-refractivity contribution is -0.137. The number of hydrogen-bond acceptors (Lipinski definition) is 4. The molecule has 1 unspecified atom stereocenters. The Labute approximate surface area is 114 Å². The summed E-state index contributed by atoms with van der Waals surface area (Å²) in [7, 11) is 0. The summed E-state index contributed by atoms with van der Waals surface area (Å²) in [5, 5.41) is -0.768. The van der Waals surface area contributed by atoms with Gasteiger partial charge < -0.3 is 5.73 Å². The van der Waals surface area contributed by atoms with Crippen LogP contribution in [0.2, 0.25) is 0 Å². The van der Waals surface area contributed by atoms with Gasteiger partial charge in [-0.3, -0.25) is 4.90 Å². The highest BCUT2D eigenvalue weighted by molar-refractivity contribution is 7.11. The Balaban J connectivity index is 2.00. The summed E-state index contributed by atoms with van der Waals surface area (Å²) in [6, 6.07) is 0.149. The molecule has 19 heavy (non-hydrogen) atoms. The van der Waals surface area contributed by atoms with Crippen LogP contribution in [0.25, 0.3) is 0 Å². The summed E-state index contributed by atoms with van der Waals surface area (Å²) in [4.78, 5) is 6.25. The summed E-state index contributed by atoms with van der Waals surface area (Å²) in [6.07, 6.45) is -2.14. The maximum Gasteiger partial charge on any atom is 0.443 e. The van der Waals surface area contributed by atoms with Gasteiger partial charge in [0, 0.05) is 36.8 Å². The maximum atomic E-state index is 12.5. The molecule has 1 aliphatic heterocycles. The van der Waals surface area contributed by atoms with Gasteiger partial charge in [-0.15, -0.1) is 11.3 Å². The van der Waals surface area contributed by atoms with Gasteiger partial charge in [-0.05, 0) is 11.8 Å². The van der Waals surface area contributed by atoms with Crippen LogP contribution in [-0.2, 0) is 12.7 Å². The Morgan fingerprint density at radius 2 is 2.21 bits per heavy atom. The lowest BCUT2D eigenvalue weighted by Crippen LogP contribution is -2.51. The number of nitrogens with two attached hydrogens (primary N) is 1. The molecule has 1 aromatic rings. The second kappa shape index (κ2) is 5.03. The Hall–Kier alpha value is -0.660. The number of thiazole rings is 1. The van der Waals surface area contributed by atoms with E-state index in [2.05, 4.69) is 23.7 Å². The highest BCUT2D eigenvalue weighted by atomic mass is 32.1. The van der Waals surface area contributed by atoms with Gasteiger partial charge >= 0.3 is 6.18 Å². The number of nitrogens with zero attached hydrogens (tertiary/aromatic N) is 2.